The van der Waals surface area contributed by atoms with Gasteiger partial charge < -0.3 is 5.32 Å². The quantitative estimate of drug-likeness (QED) is 0.520. The number of rotatable bonds is 2. The van der Waals surface area contributed by atoms with E-state index in [9.17, 15) is 14.9 Å². The fourth-order valence-electron chi connectivity index (χ4n) is 2.26. The lowest BCUT2D eigenvalue weighted by Gasteiger charge is -2.00. The Bertz CT molecular complexity index is 777. The van der Waals surface area contributed by atoms with Crippen LogP contribution in [0.3, 0.4) is 0 Å². The number of benzene rings is 2. The summed E-state index contributed by atoms with van der Waals surface area (Å²) in [5.74, 6) is -0.244. The molecule has 2 aromatic carbocycles. The van der Waals surface area contributed by atoms with Gasteiger partial charge >= 0.3 is 0 Å². The van der Waals surface area contributed by atoms with Gasteiger partial charge in [0.25, 0.3) is 11.6 Å². The highest BCUT2D eigenvalue weighted by Gasteiger charge is 2.26. The van der Waals surface area contributed by atoms with Crippen molar-refractivity contribution < 1.29 is 9.72 Å². The Morgan fingerprint density at radius 3 is 2.52 bits per heavy atom. The maximum absolute atomic E-state index is 12.0. The standard InChI is InChI=1S/C16H12N2O3/c1-10-2-4-11(5-3-10)8-14-13-9-12(18(20)21)6-7-15(13)17-16(14)19/h2-9H,1H3,(H,17,19). The molecule has 0 saturated heterocycles. The van der Waals surface area contributed by atoms with E-state index in [1.165, 1.54) is 12.1 Å². The molecule has 2 aromatic rings. The van der Waals surface area contributed by atoms with Gasteiger partial charge in [0.2, 0.25) is 0 Å². The first-order chi connectivity index (χ1) is 10.0. The summed E-state index contributed by atoms with van der Waals surface area (Å²) in [7, 11) is 0. The summed E-state index contributed by atoms with van der Waals surface area (Å²) in [5, 5.41) is 13.6. The first kappa shape index (κ1) is 13.1. The number of nitro groups is 1. The Balaban J connectivity index is 2.09. The lowest BCUT2D eigenvalue weighted by molar-refractivity contribution is -0.384. The SMILES string of the molecule is Cc1ccc(C=C2C(=O)Nc3ccc([N+](=O)[O-])cc32)cc1. The van der Waals surface area contributed by atoms with E-state index in [-0.39, 0.29) is 11.6 Å². The van der Waals surface area contributed by atoms with Crippen LogP contribution in [-0.2, 0) is 4.79 Å². The number of nitrogens with zero attached hydrogens (tertiary/aromatic N) is 1. The van der Waals surface area contributed by atoms with E-state index in [0.717, 1.165) is 11.1 Å². The van der Waals surface area contributed by atoms with Gasteiger partial charge in [-0.1, -0.05) is 29.8 Å². The lowest BCUT2D eigenvalue weighted by atomic mass is 10.0. The minimum absolute atomic E-state index is 0.0277. The number of amides is 1. The number of anilines is 1. The predicted octanol–water partition coefficient (Wildman–Crippen LogP) is 3.40. The van der Waals surface area contributed by atoms with Crippen LogP contribution in [0, 0.1) is 17.0 Å². The third kappa shape index (κ3) is 2.41. The van der Waals surface area contributed by atoms with Crippen molar-refractivity contribution in [3.8, 4) is 0 Å². The molecular formula is C16H12N2O3. The van der Waals surface area contributed by atoms with E-state index in [0.29, 0.717) is 16.8 Å². The van der Waals surface area contributed by atoms with Gasteiger partial charge in [-0.3, -0.25) is 14.9 Å². The molecule has 104 valence electrons. The third-order valence-electron chi connectivity index (χ3n) is 3.39. The first-order valence-electron chi connectivity index (χ1n) is 6.43. The monoisotopic (exact) mass is 280 g/mol. The van der Waals surface area contributed by atoms with Crippen molar-refractivity contribution >= 4 is 28.9 Å². The second-order valence-electron chi connectivity index (χ2n) is 4.91. The molecule has 0 fully saturated rings. The number of fused-ring (bicyclic) bond motifs is 1. The van der Waals surface area contributed by atoms with Crippen molar-refractivity contribution in [2.24, 2.45) is 0 Å². The smallest absolute Gasteiger partial charge is 0.270 e. The molecule has 0 saturated carbocycles. The maximum Gasteiger partial charge on any atom is 0.270 e. The number of aryl methyl sites for hydroxylation is 1. The molecule has 0 unspecified atom stereocenters. The van der Waals surface area contributed by atoms with Crippen molar-refractivity contribution in [2.75, 3.05) is 5.32 Å². The fourth-order valence-corrected chi connectivity index (χ4v) is 2.26. The van der Waals surface area contributed by atoms with Crippen LogP contribution in [0.2, 0.25) is 0 Å². The Kier molecular flexibility index (Phi) is 3.02. The van der Waals surface area contributed by atoms with Crippen molar-refractivity contribution in [1.29, 1.82) is 0 Å². The van der Waals surface area contributed by atoms with Crippen LogP contribution >= 0.6 is 0 Å². The molecule has 0 radical (unpaired) electrons. The molecule has 0 bridgehead atoms. The highest BCUT2D eigenvalue weighted by atomic mass is 16.6. The molecule has 1 N–H and O–H groups in total. The van der Waals surface area contributed by atoms with Gasteiger partial charge in [-0.25, -0.2) is 0 Å². The van der Waals surface area contributed by atoms with Gasteiger partial charge in [0.1, 0.15) is 0 Å². The Morgan fingerprint density at radius 2 is 1.86 bits per heavy atom. The number of hydrogen-bond donors (Lipinski definition) is 1. The van der Waals surface area contributed by atoms with Gasteiger partial charge in [-0.05, 0) is 24.6 Å². The summed E-state index contributed by atoms with van der Waals surface area (Å²) in [5.41, 5.74) is 3.59. The molecule has 1 amide bonds. The van der Waals surface area contributed by atoms with Crippen LogP contribution in [0.1, 0.15) is 16.7 Å². The number of hydrogen-bond acceptors (Lipinski definition) is 3. The average molecular weight is 280 g/mol. The number of carbonyl (C=O) groups is 1. The van der Waals surface area contributed by atoms with Crippen molar-refractivity contribution in [3.05, 3.63) is 69.3 Å². The van der Waals surface area contributed by atoms with Gasteiger partial charge in [-0.2, -0.15) is 0 Å². The molecule has 0 atom stereocenters. The van der Waals surface area contributed by atoms with Crippen molar-refractivity contribution in [2.45, 2.75) is 6.92 Å². The third-order valence-corrected chi connectivity index (χ3v) is 3.39. The lowest BCUT2D eigenvalue weighted by Crippen LogP contribution is -2.03. The number of nitrogens with one attached hydrogen (secondary N) is 1. The number of nitro benzene ring substituents is 1. The first-order valence-corrected chi connectivity index (χ1v) is 6.43. The largest absolute Gasteiger partial charge is 0.321 e. The summed E-state index contributed by atoms with van der Waals surface area (Å²) >= 11 is 0. The van der Waals surface area contributed by atoms with E-state index in [1.807, 2.05) is 31.2 Å². The molecule has 1 aliphatic heterocycles. The normalized spacial score (nSPS) is 14.9. The average Bonchev–Trinajstić information content (AvgIpc) is 2.77. The van der Waals surface area contributed by atoms with Crippen LogP contribution in [0.5, 0.6) is 0 Å². The number of carbonyl (C=O) groups excluding carboxylic acids is 1. The Morgan fingerprint density at radius 1 is 1.14 bits per heavy atom. The molecule has 1 heterocycles. The molecule has 0 aromatic heterocycles. The maximum atomic E-state index is 12.0. The second-order valence-corrected chi connectivity index (χ2v) is 4.91. The van der Waals surface area contributed by atoms with Crippen LogP contribution in [0.25, 0.3) is 11.6 Å². The summed E-state index contributed by atoms with van der Waals surface area (Å²) in [6.45, 7) is 1.98. The van der Waals surface area contributed by atoms with E-state index in [1.54, 1.807) is 12.1 Å². The molecule has 5 heteroatoms. The molecule has 0 spiro atoms. The van der Waals surface area contributed by atoms with E-state index >= 15 is 0 Å². The zero-order chi connectivity index (χ0) is 15.0. The van der Waals surface area contributed by atoms with Gasteiger partial charge in [0.15, 0.2) is 0 Å². The summed E-state index contributed by atoms with van der Waals surface area (Å²) in [6.07, 6.45) is 1.74. The van der Waals surface area contributed by atoms with Crippen molar-refractivity contribution in [3.63, 3.8) is 0 Å². The van der Waals surface area contributed by atoms with Gasteiger partial charge in [0.05, 0.1) is 4.92 Å². The van der Waals surface area contributed by atoms with Crippen LogP contribution in [0.4, 0.5) is 11.4 Å². The minimum atomic E-state index is -0.466. The molecule has 21 heavy (non-hydrogen) atoms. The highest BCUT2D eigenvalue weighted by Crippen LogP contribution is 2.35. The Labute approximate surface area is 121 Å². The second kappa shape index (κ2) is 4.86. The summed E-state index contributed by atoms with van der Waals surface area (Å²) in [6, 6.07) is 12.1. The van der Waals surface area contributed by atoms with E-state index < -0.39 is 4.92 Å². The number of non-ortho nitro benzene ring substituents is 1. The highest BCUT2D eigenvalue weighted by molar-refractivity contribution is 6.35. The van der Waals surface area contributed by atoms with Crippen LogP contribution in [0.15, 0.2) is 42.5 Å². The van der Waals surface area contributed by atoms with Gasteiger partial charge in [0, 0.05) is 29.0 Å². The molecule has 5 nitrogen and oxygen atoms in total. The molecular weight excluding hydrogens is 268 g/mol. The summed E-state index contributed by atoms with van der Waals surface area (Å²) in [4.78, 5) is 22.4. The molecule has 0 aliphatic carbocycles. The molecule has 3 rings (SSSR count). The minimum Gasteiger partial charge on any atom is -0.321 e. The van der Waals surface area contributed by atoms with E-state index in [2.05, 4.69) is 5.32 Å². The van der Waals surface area contributed by atoms with Crippen molar-refractivity contribution in [1.82, 2.24) is 0 Å². The predicted molar refractivity (Wildman–Crippen MR) is 80.8 cm³/mol. The fraction of sp³-hybridized carbons (Fsp3) is 0.0625. The van der Waals surface area contributed by atoms with Gasteiger partial charge in [-0.15, -0.1) is 0 Å². The topological polar surface area (TPSA) is 72.2 Å². The van der Waals surface area contributed by atoms with Crippen LogP contribution < -0.4 is 5.32 Å². The van der Waals surface area contributed by atoms with E-state index in [4.69, 9.17) is 0 Å². The zero-order valence-corrected chi connectivity index (χ0v) is 11.3. The molecule has 1 aliphatic rings. The zero-order valence-electron chi connectivity index (χ0n) is 11.3. The summed E-state index contributed by atoms with van der Waals surface area (Å²) < 4.78 is 0. The van der Waals surface area contributed by atoms with Crippen LogP contribution in [-0.4, -0.2) is 10.8 Å². The Hall–Kier alpha value is -2.95.